The van der Waals surface area contributed by atoms with Crippen molar-refractivity contribution in [2.45, 2.75) is 103 Å². The smallest absolute Gasteiger partial charge is 0.748 e. The minimum absolute atomic E-state index is 0. The molecular formula is C27H43KO7S. The molecule has 0 unspecified atom stereocenters. The zero-order chi connectivity index (χ0) is 25.8. The normalized spacial score (nSPS) is 11.1. The van der Waals surface area contributed by atoms with Crippen LogP contribution in [0.1, 0.15) is 124 Å². The first kappa shape index (κ1) is 35.7. The number of hydrogen-bond donors (Lipinski definition) is 0. The van der Waals surface area contributed by atoms with Gasteiger partial charge in [-0.2, -0.15) is 0 Å². The van der Waals surface area contributed by atoms with Crippen LogP contribution in [0.4, 0.5) is 0 Å². The Morgan fingerprint density at radius 2 is 1.03 bits per heavy atom. The van der Waals surface area contributed by atoms with E-state index < -0.39 is 27.8 Å². The van der Waals surface area contributed by atoms with Crippen molar-refractivity contribution in [1.29, 1.82) is 0 Å². The molecule has 1 aromatic rings. The Labute approximate surface area is 260 Å². The van der Waals surface area contributed by atoms with Crippen molar-refractivity contribution in [2.24, 2.45) is 0 Å². The molecule has 0 fully saturated rings. The van der Waals surface area contributed by atoms with E-state index in [2.05, 4.69) is 6.92 Å². The Balaban J connectivity index is 0.0000122. The van der Waals surface area contributed by atoms with Crippen molar-refractivity contribution in [3.63, 3.8) is 0 Å². The first-order chi connectivity index (χ1) is 16.8. The summed E-state index contributed by atoms with van der Waals surface area (Å²) in [6.45, 7) is 2.32. The van der Waals surface area contributed by atoms with E-state index in [0.29, 0.717) is 6.61 Å². The number of benzene rings is 1. The fourth-order valence-electron chi connectivity index (χ4n) is 3.86. The summed E-state index contributed by atoms with van der Waals surface area (Å²) >= 11 is 0. The van der Waals surface area contributed by atoms with Crippen LogP contribution in [0.25, 0.3) is 0 Å². The van der Waals surface area contributed by atoms with Gasteiger partial charge in [0, 0.05) is 5.75 Å². The molecule has 0 aliphatic heterocycles. The second-order valence-electron chi connectivity index (χ2n) is 9.03. The maximum atomic E-state index is 12.4. The van der Waals surface area contributed by atoms with Crippen LogP contribution in [0.15, 0.2) is 24.3 Å². The zero-order valence-corrected chi connectivity index (χ0v) is 26.2. The predicted molar refractivity (Wildman–Crippen MR) is 137 cm³/mol. The van der Waals surface area contributed by atoms with Gasteiger partial charge >= 0.3 is 63.3 Å². The van der Waals surface area contributed by atoms with Crippen molar-refractivity contribution < 1.29 is 83.4 Å². The van der Waals surface area contributed by atoms with E-state index in [1.807, 2.05) is 0 Å². The molecule has 0 bridgehead atoms. The average molecular weight is 551 g/mol. The minimum Gasteiger partial charge on any atom is -0.748 e. The summed E-state index contributed by atoms with van der Waals surface area (Å²) in [6.07, 6.45) is 17.4. The molecule has 0 N–H and O–H groups in total. The SMILES string of the molecule is CCCCCCCCCCCCCCCCOC(=O)c1ccccc1C(=O)OCCCS(=O)(=O)[O-].[K+]. The van der Waals surface area contributed by atoms with Crippen LogP contribution < -0.4 is 51.4 Å². The van der Waals surface area contributed by atoms with Crippen molar-refractivity contribution in [2.75, 3.05) is 19.0 Å². The summed E-state index contributed by atoms with van der Waals surface area (Å²) < 4.78 is 42.2. The Morgan fingerprint density at radius 1 is 0.667 bits per heavy atom. The summed E-state index contributed by atoms with van der Waals surface area (Å²) in [5, 5.41) is 0. The van der Waals surface area contributed by atoms with Crippen LogP contribution in [0.5, 0.6) is 0 Å². The number of carbonyl (C=O) groups is 2. The van der Waals surface area contributed by atoms with Crippen LogP contribution in [0.2, 0.25) is 0 Å². The molecule has 0 aliphatic rings. The van der Waals surface area contributed by atoms with Gasteiger partial charge in [0.1, 0.15) is 0 Å². The summed E-state index contributed by atoms with van der Waals surface area (Å²) in [6, 6.07) is 6.18. The zero-order valence-electron chi connectivity index (χ0n) is 22.3. The van der Waals surface area contributed by atoms with Crippen molar-refractivity contribution in [3.05, 3.63) is 35.4 Å². The van der Waals surface area contributed by atoms with Gasteiger partial charge in [-0.1, -0.05) is 103 Å². The quantitative estimate of drug-likeness (QED) is 0.0998. The molecule has 1 aromatic carbocycles. The van der Waals surface area contributed by atoms with Gasteiger partial charge in [0.25, 0.3) is 0 Å². The first-order valence-electron chi connectivity index (χ1n) is 13.2. The molecule has 0 spiro atoms. The fraction of sp³-hybridized carbons (Fsp3) is 0.704. The molecule has 36 heavy (non-hydrogen) atoms. The number of rotatable bonds is 21. The summed E-state index contributed by atoms with van der Waals surface area (Å²) in [5.41, 5.74) is 0.169. The van der Waals surface area contributed by atoms with E-state index in [9.17, 15) is 22.6 Å². The van der Waals surface area contributed by atoms with E-state index in [1.165, 1.54) is 82.8 Å². The van der Waals surface area contributed by atoms with Gasteiger partial charge in [-0.15, -0.1) is 0 Å². The van der Waals surface area contributed by atoms with Gasteiger partial charge in [0.2, 0.25) is 0 Å². The van der Waals surface area contributed by atoms with E-state index in [1.54, 1.807) is 12.1 Å². The molecule has 0 heterocycles. The van der Waals surface area contributed by atoms with Crippen LogP contribution >= 0.6 is 0 Å². The Kier molecular flexibility index (Phi) is 22.5. The van der Waals surface area contributed by atoms with Gasteiger partial charge in [-0.3, -0.25) is 0 Å². The average Bonchev–Trinajstić information content (AvgIpc) is 2.83. The number of unbranched alkanes of at least 4 members (excludes halogenated alkanes) is 13. The number of esters is 2. The molecule has 0 atom stereocenters. The molecule has 200 valence electrons. The molecule has 7 nitrogen and oxygen atoms in total. The molecule has 0 radical (unpaired) electrons. The molecular weight excluding hydrogens is 507 g/mol. The number of hydrogen-bond acceptors (Lipinski definition) is 7. The monoisotopic (exact) mass is 550 g/mol. The number of carbonyl (C=O) groups excluding carboxylic acids is 2. The van der Waals surface area contributed by atoms with Crippen molar-refractivity contribution in [3.8, 4) is 0 Å². The second kappa shape index (κ2) is 22.7. The van der Waals surface area contributed by atoms with E-state index in [4.69, 9.17) is 9.47 Å². The maximum absolute atomic E-state index is 12.4. The van der Waals surface area contributed by atoms with E-state index in [0.717, 1.165) is 19.3 Å². The van der Waals surface area contributed by atoms with Gasteiger partial charge in [0.15, 0.2) is 0 Å². The standard InChI is InChI=1S/C27H44O7S.K/c1-2-3-4-5-6-7-8-9-10-11-12-13-14-17-21-33-26(28)24-19-15-16-20-25(24)27(29)34-22-18-23-35(30,31)32;/h15-16,19-20H,2-14,17-18,21-23H2,1H3,(H,30,31,32);/q;+1/p-1. The minimum atomic E-state index is -4.35. The Morgan fingerprint density at radius 3 is 1.42 bits per heavy atom. The van der Waals surface area contributed by atoms with Crippen LogP contribution in [0, 0.1) is 0 Å². The summed E-state index contributed by atoms with van der Waals surface area (Å²) in [4.78, 5) is 24.7. The van der Waals surface area contributed by atoms with Crippen molar-refractivity contribution >= 4 is 22.1 Å². The second-order valence-corrected chi connectivity index (χ2v) is 10.6. The predicted octanol–water partition coefficient (Wildman–Crippen LogP) is 3.42. The first-order valence-corrected chi connectivity index (χ1v) is 14.8. The molecule has 0 aliphatic carbocycles. The van der Waals surface area contributed by atoms with Gasteiger partial charge in [-0.25, -0.2) is 18.0 Å². The molecule has 0 saturated carbocycles. The van der Waals surface area contributed by atoms with Crippen LogP contribution in [-0.2, 0) is 19.6 Å². The Bertz CT molecular complexity index is 827. The summed E-state index contributed by atoms with van der Waals surface area (Å²) in [5.74, 6) is -1.95. The Hall–Kier alpha value is -0.294. The largest absolute Gasteiger partial charge is 1.00 e. The van der Waals surface area contributed by atoms with Crippen LogP contribution in [0.3, 0.4) is 0 Å². The van der Waals surface area contributed by atoms with Crippen molar-refractivity contribution in [1.82, 2.24) is 0 Å². The van der Waals surface area contributed by atoms with Gasteiger partial charge in [-0.05, 0) is 25.0 Å². The topological polar surface area (TPSA) is 110 Å². The number of ether oxygens (including phenoxy) is 2. The van der Waals surface area contributed by atoms with E-state index >= 15 is 0 Å². The molecule has 0 saturated heterocycles. The third-order valence-corrected chi connectivity index (χ3v) is 6.66. The molecule has 0 aromatic heterocycles. The summed E-state index contributed by atoms with van der Waals surface area (Å²) in [7, 11) is -4.35. The third kappa shape index (κ3) is 18.9. The molecule has 0 amide bonds. The van der Waals surface area contributed by atoms with Crippen LogP contribution in [-0.4, -0.2) is 43.9 Å². The molecule has 9 heteroatoms. The molecule has 1 rings (SSSR count). The van der Waals surface area contributed by atoms with Gasteiger partial charge in [0.05, 0.1) is 34.5 Å². The van der Waals surface area contributed by atoms with Gasteiger partial charge < -0.3 is 14.0 Å². The fourth-order valence-corrected chi connectivity index (χ4v) is 4.33. The van der Waals surface area contributed by atoms with E-state index in [-0.39, 0.29) is 75.5 Å². The maximum Gasteiger partial charge on any atom is 1.00 e. The third-order valence-electron chi connectivity index (χ3n) is 5.87.